The average molecular weight is 264 g/mol. The molecule has 106 valence electrons. The molecule has 1 aromatic rings. The first-order valence-electron chi connectivity index (χ1n) is 7.14. The van der Waals surface area contributed by atoms with Gasteiger partial charge in [0.25, 0.3) is 0 Å². The number of carbonyl (C=O) groups is 1. The monoisotopic (exact) mass is 264 g/mol. The molecule has 0 aliphatic heterocycles. The molecule has 2 rings (SSSR count). The number of likely N-dealkylation sites (N-methyl/N-ethyl adjacent to an activating group) is 1. The van der Waals surface area contributed by atoms with Crippen LogP contribution in [-0.4, -0.2) is 29.3 Å². The van der Waals surface area contributed by atoms with Crippen LogP contribution in [0.25, 0.3) is 0 Å². The van der Waals surface area contributed by atoms with Crippen molar-refractivity contribution in [1.29, 1.82) is 0 Å². The number of nitrogens with one attached hydrogen (secondary N) is 2. The Labute approximate surface area is 114 Å². The third kappa shape index (κ3) is 4.26. The SMILES string of the molecule is CNC(=O)Cn1cc(NCC2CCCC(C)C2)cn1. The highest BCUT2D eigenvalue weighted by Gasteiger charge is 2.18. The third-order valence-corrected chi connectivity index (χ3v) is 3.86. The lowest BCUT2D eigenvalue weighted by molar-refractivity contribution is -0.121. The fourth-order valence-electron chi connectivity index (χ4n) is 2.77. The van der Waals surface area contributed by atoms with E-state index in [-0.39, 0.29) is 12.5 Å². The second-order valence-corrected chi connectivity index (χ2v) is 5.62. The van der Waals surface area contributed by atoms with Gasteiger partial charge in [-0.1, -0.05) is 19.8 Å². The zero-order chi connectivity index (χ0) is 13.7. The first-order chi connectivity index (χ1) is 9.17. The highest BCUT2D eigenvalue weighted by Crippen LogP contribution is 2.28. The molecule has 5 nitrogen and oxygen atoms in total. The molecule has 0 spiro atoms. The third-order valence-electron chi connectivity index (χ3n) is 3.86. The van der Waals surface area contributed by atoms with Crippen molar-refractivity contribution in [2.75, 3.05) is 18.9 Å². The largest absolute Gasteiger partial charge is 0.382 e. The molecule has 5 heteroatoms. The van der Waals surface area contributed by atoms with Gasteiger partial charge < -0.3 is 10.6 Å². The number of nitrogens with zero attached hydrogens (tertiary/aromatic N) is 2. The molecule has 19 heavy (non-hydrogen) atoms. The Bertz CT molecular complexity index is 415. The number of carbonyl (C=O) groups excluding carboxylic acids is 1. The summed E-state index contributed by atoms with van der Waals surface area (Å²) in [6.07, 6.45) is 9.05. The van der Waals surface area contributed by atoms with Gasteiger partial charge in [-0.15, -0.1) is 0 Å². The van der Waals surface area contributed by atoms with Crippen LogP contribution in [-0.2, 0) is 11.3 Å². The van der Waals surface area contributed by atoms with Crippen LogP contribution < -0.4 is 10.6 Å². The van der Waals surface area contributed by atoms with Crippen molar-refractivity contribution in [3.63, 3.8) is 0 Å². The van der Waals surface area contributed by atoms with Crippen LogP contribution >= 0.6 is 0 Å². The molecule has 1 aliphatic rings. The predicted octanol–water partition coefficient (Wildman–Crippen LogP) is 1.87. The maximum atomic E-state index is 11.2. The second kappa shape index (κ2) is 6.59. The quantitative estimate of drug-likeness (QED) is 0.853. The van der Waals surface area contributed by atoms with E-state index in [9.17, 15) is 4.79 Å². The second-order valence-electron chi connectivity index (χ2n) is 5.62. The molecular formula is C14H24N4O. The standard InChI is InChI=1S/C14H24N4O/c1-11-4-3-5-12(6-11)7-16-13-8-17-18(9-13)10-14(19)15-2/h8-9,11-12,16H,3-7,10H2,1-2H3,(H,15,19). The molecule has 2 N–H and O–H groups in total. The fourth-order valence-corrected chi connectivity index (χ4v) is 2.77. The van der Waals surface area contributed by atoms with Crippen LogP contribution in [0.1, 0.15) is 32.6 Å². The Kier molecular flexibility index (Phi) is 4.82. The van der Waals surface area contributed by atoms with Crippen LogP contribution in [0.3, 0.4) is 0 Å². The predicted molar refractivity (Wildman–Crippen MR) is 75.9 cm³/mol. The van der Waals surface area contributed by atoms with Crippen LogP contribution in [0.15, 0.2) is 12.4 Å². The van der Waals surface area contributed by atoms with Crippen molar-refractivity contribution in [1.82, 2.24) is 15.1 Å². The maximum absolute atomic E-state index is 11.2. The summed E-state index contributed by atoms with van der Waals surface area (Å²) in [7, 11) is 1.63. The van der Waals surface area contributed by atoms with Gasteiger partial charge >= 0.3 is 0 Å². The average Bonchev–Trinajstić information content (AvgIpc) is 2.84. The molecule has 2 unspecified atom stereocenters. The molecule has 0 saturated heterocycles. The van der Waals surface area contributed by atoms with Gasteiger partial charge in [-0.3, -0.25) is 9.48 Å². The summed E-state index contributed by atoms with van der Waals surface area (Å²) in [4.78, 5) is 11.2. The van der Waals surface area contributed by atoms with E-state index >= 15 is 0 Å². The zero-order valence-corrected chi connectivity index (χ0v) is 11.9. The molecule has 1 fully saturated rings. The molecule has 0 bridgehead atoms. The summed E-state index contributed by atoms with van der Waals surface area (Å²) in [5, 5.41) is 10.2. The van der Waals surface area contributed by atoms with E-state index in [1.54, 1.807) is 17.9 Å². The Balaban J connectivity index is 1.78. The van der Waals surface area contributed by atoms with E-state index in [4.69, 9.17) is 0 Å². The van der Waals surface area contributed by atoms with Gasteiger partial charge in [0, 0.05) is 19.8 Å². The summed E-state index contributed by atoms with van der Waals surface area (Å²) in [6.45, 7) is 3.63. The number of rotatable bonds is 5. The summed E-state index contributed by atoms with van der Waals surface area (Å²) < 4.78 is 1.66. The minimum Gasteiger partial charge on any atom is -0.382 e. The van der Waals surface area contributed by atoms with E-state index in [1.807, 2.05) is 6.20 Å². The molecule has 1 amide bonds. The van der Waals surface area contributed by atoms with Crippen molar-refractivity contribution in [3.05, 3.63) is 12.4 Å². The Hall–Kier alpha value is -1.52. The number of aromatic nitrogens is 2. The van der Waals surface area contributed by atoms with Gasteiger partial charge in [0.1, 0.15) is 6.54 Å². The topological polar surface area (TPSA) is 59.0 Å². The van der Waals surface area contributed by atoms with E-state index in [1.165, 1.54) is 25.7 Å². The van der Waals surface area contributed by atoms with Crippen molar-refractivity contribution in [3.8, 4) is 0 Å². The van der Waals surface area contributed by atoms with Gasteiger partial charge in [-0.25, -0.2) is 0 Å². The zero-order valence-electron chi connectivity index (χ0n) is 11.9. The molecule has 2 atom stereocenters. The van der Waals surface area contributed by atoms with Crippen LogP contribution in [0.4, 0.5) is 5.69 Å². The maximum Gasteiger partial charge on any atom is 0.241 e. The van der Waals surface area contributed by atoms with Crippen LogP contribution in [0, 0.1) is 11.8 Å². The molecule has 0 radical (unpaired) electrons. The molecule has 1 saturated carbocycles. The van der Waals surface area contributed by atoms with Crippen molar-refractivity contribution in [2.24, 2.45) is 11.8 Å². The lowest BCUT2D eigenvalue weighted by Crippen LogP contribution is -2.23. The van der Waals surface area contributed by atoms with E-state index in [0.29, 0.717) is 0 Å². The summed E-state index contributed by atoms with van der Waals surface area (Å²) in [5.41, 5.74) is 1.00. The molecule has 0 aromatic carbocycles. The first kappa shape index (κ1) is 13.9. The normalized spacial score (nSPS) is 23.1. The van der Waals surface area contributed by atoms with Crippen LogP contribution in [0.5, 0.6) is 0 Å². The van der Waals surface area contributed by atoms with E-state index < -0.39 is 0 Å². The fraction of sp³-hybridized carbons (Fsp3) is 0.714. The Morgan fingerprint density at radius 2 is 2.37 bits per heavy atom. The van der Waals surface area contributed by atoms with Crippen molar-refractivity contribution < 1.29 is 4.79 Å². The Morgan fingerprint density at radius 1 is 1.53 bits per heavy atom. The highest BCUT2D eigenvalue weighted by molar-refractivity contribution is 5.75. The smallest absolute Gasteiger partial charge is 0.241 e. The van der Waals surface area contributed by atoms with Gasteiger partial charge in [0.2, 0.25) is 5.91 Å². The van der Waals surface area contributed by atoms with Gasteiger partial charge in [-0.05, 0) is 24.7 Å². The molecule has 1 aliphatic carbocycles. The van der Waals surface area contributed by atoms with Gasteiger partial charge in [0.05, 0.1) is 11.9 Å². The minimum absolute atomic E-state index is 0.0317. The van der Waals surface area contributed by atoms with E-state index in [0.717, 1.165) is 24.1 Å². The van der Waals surface area contributed by atoms with Gasteiger partial charge in [0.15, 0.2) is 0 Å². The summed E-state index contributed by atoms with van der Waals surface area (Å²) in [6, 6.07) is 0. The number of amides is 1. The number of hydrogen-bond donors (Lipinski definition) is 2. The number of anilines is 1. The van der Waals surface area contributed by atoms with E-state index in [2.05, 4.69) is 22.7 Å². The molecule has 1 aromatic heterocycles. The summed E-state index contributed by atoms with van der Waals surface area (Å²) >= 11 is 0. The highest BCUT2D eigenvalue weighted by atomic mass is 16.1. The first-order valence-corrected chi connectivity index (χ1v) is 7.14. The lowest BCUT2D eigenvalue weighted by atomic mass is 9.82. The van der Waals surface area contributed by atoms with Crippen LogP contribution in [0.2, 0.25) is 0 Å². The summed E-state index contributed by atoms with van der Waals surface area (Å²) in [5.74, 6) is 1.60. The molecule has 1 heterocycles. The van der Waals surface area contributed by atoms with Crippen molar-refractivity contribution >= 4 is 11.6 Å². The van der Waals surface area contributed by atoms with Gasteiger partial charge in [-0.2, -0.15) is 5.10 Å². The Morgan fingerprint density at radius 3 is 3.11 bits per heavy atom. The molecular weight excluding hydrogens is 240 g/mol. The lowest BCUT2D eigenvalue weighted by Gasteiger charge is -2.26. The van der Waals surface area contributed by atoms with Crippen molar-refractivity contribution in [2.45, 2.75) is 39.2 Å². The number of hydrogen-bond acceptors (Lipinski definition) is 3. The minimum atomic E-state index is -0.0317.